The molecule has 0 bridgehead atoms. The molecule has 1 aliphatic heterocycles. The molecular formula is C20H23N5O. The zero-order valence-electron chi connectivity index (χ0n) is 14.9. The molecule has 1 fully saturated rings. The fourth-order valence-corrected chi connectivity index (χ4v) is 3.33. The summed E-state index contributed by atoms with van der Waals surface area (Å²) in [6.45, 7) is 2.80. The van der Waals surface area contributed by atoms with Gasteiger partial charge in [-0.05, 0) is 42.7 Å². The standard InChI is InChI=1S/C20H23N5O/c1-26-17-7-4-15(5-8-17)14-25-20(21)18(13-23-25)16-6-9-19(22-12-16)24-10-2-3-11-24/h4-9,12-13H,2-3,10-11,14,21H2,1H3. The van der Waals surface area contributed by atoms with Crippen LogP contribution in [0.3, 0.4) is 0 Å². The molecule has 1 aliphatic rings. The minimum atomic E-state index is 0.620. The Hall–Kier alpha value is -3.02. The largest absolute Gasteiger partial charge is 0.497 e. The Morgan fingerprint density at radius 2 is 1.81 bits per heavy atom. The first kappa shape index (κ1) is 16.4. The van der Waals surface area contributed by atoms with E-state index >= 15 is 0 Å². The highest BCUT2D eigenvalue weighted by Gasteiger charge is 2.15. The van der Waals surface area contributed by atoms with Crippen molar-refractivity contribution in [2.24, 2.45) is 0 Å². The molecule has 0 unspecified atom stereocenters. The highest BCUT2D eigenvalue weighted by molar-refractivity contribution is 5.73. The molecule has 3 aromatic rings. The van der Waals surface area contributed by atoms with Crippen LogP contribution in [0.2, 0.25) is 0 Å². The third-order valence-corrected chi connectivity index (χ3v) is 4.86. The number of rotatable bonds is 5. The number of nitrogens with two attached hydrogens (primary N) is 1. The number of ether oxygens (including phenoxy) is 1. The summed E-state index contributed by atoms with van der Waals surface area (Å²) < 4.78 is 7.01. The summed E-state index contributed by atoms with van der Waals surface area (Å²) in [5.41, 5.74) is 9.36. The lowest BCUT2D eigenvalue weighted by molar-refractivity contribution is 0.414. The Bertz CT molecular complexity index is 864. The van der Waals surface area contributed by atoms with Crippen LogP contribution in [0.5, 0.6) is 5.75 Å². The monoisotopic (exact) mass is 349 g/mol. The molecule has 0 radical (unpaired) electrons. The fourth-order valence-electron chi connectivity index (χ4n) is 3.33. The van der Waals surface area contributed by atoms with Crippen molar-refractivity contribution >= 4 is 11.6 Å². The third kappa shape index (κ3) is 3.22. The van der Waals surface area contributed by atoms with Crippen LogP contribution in [0.1, 0.15) is 18.4 Å². The number of pyridine rings is 1. The van der Waals surface area contributed by atoms with Gasteiger partial charge in [0.2, 0.25) is 0 Å². The van der Waals surface area contributed by atoms with Crippen LogP contribution in [0, 0.1) is 0 Å². The molecule has 0 aliphatic carbocycles. The number of nitrogen functional groups attached to an aromatic ring is 1. The highest BCUT2D eigenvalue weighted by Crippen LogP contribution is 2.27. The second-order valence-corrected chi connectivity index (χ2v) is 6.55. The summed E-state index contributed by atoms with van der Waals surface area (Å²) in [7, 11) is 1.66. The van der Waals surface area contributed by atoms with Crippen molar-refractivity contribution in [3.8, 4) is 16.9 Å². The summed E-state index contributed by atoms with van der Waals surface area (Å²) in [4.78, 5) is 6.93. The van der Waals surface area contributed by atoms with Gasteiger partial charge < -0.3 is 15.4 Å². The Labute approximate surface area is 153 Å². The number of benzene rings is 1. The maximum Gasteiger partial charge on any atom is 0.130 e. The van der Waals surface area contributed by atoms with Gasteiger partial charge in [-0.1, -0.05) is 12.1 Å². The van der Waals surface area contributed by atoms with Gasteiger partial charge in [0.05, 0.1) is 19.9 Å². The maximum absolute atomic E-state index is 6.34. The zero-order valence-corrected chi connectivity index (χ0v) is 14.9. The first-order valence-electron chi connectivity index (χ1n) is 8.90. The van der Waals surface area contributed by atoms with Crippen LogP contribution in [0.15, 0.2) is 48.8 Å². The minimum Gasteiger partial charge on any atom is -0.497 e. The molecule has 1 saturated heterocycles. The lowest BCUT2D eigenvalue weighted by atomic mass is 10.1. The van der Waals surface area contributed by atoms with E-state index in [4.69, 9.17) is 10.5 Å². The molecule has 0 atom stereocenters. The molecule has 6 heteroatoms. The maximum atomic E-state index is 6.34. The SMILES string of the molecule is COc1ccc(Cn2ncc(-c3ccc(N4CCCC4)nc3)c2N)cc1. The number of aromatic nitrogens is 3. The lowest BCUT2D eigenvalue weighted by Crippen LogP contribution is -2.18. The number of anilines is 2. The number of hydrogen-bond acceptors (Lipinski definition) is 5. The molecule has 4 rings (SSSR count). The van der Waals surface area contributed by atoms with Gasteiger partial charge in [0.1, 0.15) is 17.4 Å². The van der Waals surface area contributed by atoms with E-state index in [1.807, 2.05) is 41.3 Å². The van der Waals surface area contributed by atoms with E-state index in [1.165, 1.54) is 12.8 Å². The van der Waals surface area contributed by atoms with Crippen LogP contribution >= 0.6 is 0 Å². The van der Waals surface area contributed by atoms with Crippen molar-refractivity contribution in [2.45, 2.75) is 19.4 Å². The molecular weight excluding hydrogens is 326 g/mol. The van der Waals surface area contributed by atoms with Crippen LogP contribution in [-0.2, 0) is 6.54 Å². The summed E-state index contributed by atoms with van der Waals surface area (Å²) >= 11 is 0. The second-order valence-electron chi connectivity index (χ2n) is 6.55. The van der Waals surface area contributed by atoms with Crippen LogP contribution < -0.4 is 15.4 Å². The smallest absolute Gasteiger partial charge is 0.130 e. The first-order valence-corrected chi connectivity index (χ1v) is 8.90. The minimum absolute atomic E-state index is 0.620. The summed E-state index contributed by atoms with van der Waals surface area (Å²) in [6.07, 6.45) is 6.19. The molecule has 0 saturated carbocycles. The summed E-state index contributed by atoms with van der Waals surface area (Å²) in [5.74, 6) is 2.53. The van der Waals surface area contributed by atoms with Crippen LogP contribution in [-0.4, -0.2) is 35.0 Å². The Morgan fingerprint density at radius 3 is 2.46 bits per heavy atom. The molecule has 134 valence electrons. The Balaban J connectivity index is 1.52. The van der Waals surface area contributed by atoms with Crippen molar-refractivity contribution < 1.29 is 4.74 Å². The van der Waals surface area contributed by atoms with Gasteiger partial charge in [0, 0.05) is 30.4 Å². The molecule has 26 heavy (non-hydrogen) atoms. The predicted molar refractivity (Wildman–Crippen MR) is 103 cm³/mol. The topological polar surface area (TPSA) is 69.2 Å². The average molecular weight is 349 g/mol. The average Bonchev–Trinajstić information content (AvgIpc) is 3.34. The molecule has 1 aromatic carbocycles. The molecule has 0 amide bonds. The number of methoxy groups -OCH3 is 1. The normalized spacial score (nSPS) is 14.0. The molecule has 2 aromatic heterocycles. The van der Waals surface area contributed by atoms with Crippen molar-refractivity contribution in [3.05, 3.63) is 54.4 Å². The van der Waals surface area contributed by atoms with Gasteiger partial charge in [0.15, 0.2) is 0 Å². The van der Waals surface area contributed by atoms with Crippen LogP contribution in [0.25, 0.3) is 11.1 Å². The Morgan fingerprint density at radius 1 is 1.04 bits per heavy atom. The summed E-state index contributed by atoms with van der Waals surface area (Å²) in [5, 5.41) is 4.45. The van der Waals surface area contributed by atoms with E-state index in [9.17, 15) is 0 Å². The van der Waals surface area contributed by atoms with E-state index in [1.54, 1.807) is 7.11 Å². The van der Waals surface area contributed by atoms with Gasteiger partial charge in [0.25, 0.3) is 0 Å². The fraction of sp³-hybridized carbons (Fsp3) is 0.300. The van der Waals surface area contributed by atoms with Crippen molar-refractivity contribution in [1.29, 1.82) is 0 Å². The zero-order chi connectivity index (χ0) is 17.9. The van der Waals surface area contributed by atoms with Crippen LogP contribution in [0.4, 0.5) is 11.6 Å². The van der Waals surface area contributed by atoms with E-state index in [2.05, 4.69) is 27.1 Å². The van der Waals surface area contributed by atoms with Gasteiger partial charge >= 0.3 is 0 Å². The molecule has 0 spiro atoms. The quantitative estimate of drug-likeness (QED) is 0.766. The molecule has 2 N–H and O–H groups in total. The van der Waals surface area contributed by atoms with Gasteiger partial charge in [-0.3, -0.25) is 0 Å². The predicted octanol–water partition coefficient (Wildman–Crippen LogP) is 3.18. The Kier molecular flexibility index (Phi) is 4.48. The highest BCUT2D eigenvalue weighted by atomic mass is 16.5. The number of nitrogens with zero attached hydrogens (tertiary/aromatic N) is 4. The van der Waals surface area contributed by atoms with Crippen molar-refractivity contribution in [1.82, 2.24) is 14.8 Å². The van der Waals surface area contributed by atoms with E-state index in [-0.39, 0.29) is 0 Å². The van der Waals surface area contributed by atoms with Gasteiger partial charge in [-0.15, -0.1) is 0 Å². The van der Waals surface area contributed by atoms with Crippen molar-refractivity contribution in [3.63, 3.8) is 0 Å². The number of hydrogen-bond donors (Lipinski definition) is 1. The van der Waals surface area contributed by atoms with Gasteiger partial charge in [-0.2, -0.15) is 5.10 Å². The second kappa shape index (κ2) is 7.07. The van der Waals surface area contributed by atoms with Gasteiger partial charge in [-0.25, -0.2) is 9.67 Å². The lowest BCUT2D eigenvalue weighted by Gasteiger charge is -2.16. The molecule has 3 heterocycles. The third-order valence-electron chi connectivity index (χ3n) is 4.86. The summed E-state index contributed by atoms with van der Waals surface area (Å²) in [6, 6.07) is 12.1. The van der Waals surface area contributed by atoms with E-state index < -0.39 is 0 Å². The van der Waals surface area contributed by atoms with E-state index in [0.717, 1.165) is 41.3 Å². The first-order chi connectivity index (χ1) is 12.7. The van der Waals surface area contributed by atoms with Crippen molar-refractivity contribution in [2.75, 3.05) is 30.8 Å². The van der Waals surface area contributed by atoms with E-state index in [0.29, 0.717) is 12.4 Å². The molecule has 6 nitrogen and oxygen atoms in total.